The van der Waals surface area contributed by atoms with E-state index in [1.54, 1.807) is 0 Å². The zero-order valence-corrected chi connectivity index (χ0v) is 7.41. The summed E-state index contributed by atoms with van der Waals surface area (Å²) in [5.41, 5.74) is 2.61. The Morgan fingerprint density at radius 3 is 2.40 bits per heavy atom. The van der Waals surface area contributed by atoms with Gasteiger partial charge in [-0.25, -0.2) is 0 Å². The highest BCUT2D eigenvalue weighted by molar-refractivity contribution is 5.17. The van der Waals surface area contributed by atoms with Crippen LogP contribution in [0.25, 0.3) is 0 Å². The van der Waals surface area contributed by atoms with Crippen LogP contribution in [0.2, 0.25) is 0 Å². The molecular weight excluding hydrogens is 120 g/mol. The van der Waals surface area contributed by atoms with Crippen molar-refractivity contribution in [2.45, 2.75) is 40.0 Å². The molecule has 58 valence electrons. The Morgan fingerprint density at radius 2 is 2.00 bits per heavy atom. The minimum Gasteiger partial charge on any atom is -0.0958 e. The minimum atomic E-state index is 1.15. The van der Waals surface area contributed by atoms with Crippen molar-refractivity contribution in [3.8, 4) is 0 Å². The predicted octanol–water partition coefficient (Wildman–Crippen LogP) is 3.70. The summed E-state index contributed by atoms with van der Waals surface area (Å²) < 4.78 is 0. The molecule has 0 unspecified atom stereocenters. The number of hydrogen-bond donors (Lipinski definition) is 0. The summed E-state index contributed by atoms with van der Waals surface area (Å²) in [5, 5.41) is 0. The second-order valence-corrected chi connectivity index (χ2v) is 2.98. The van der Waals surface area contributed by atoms with Gasteiger partial charge in [0.25, 0.3) is 0 Å². The minimum absolute atomic E-state index is 1.15. The lowest BCUT2D eigenvalue weighted by Gasteiger charge is -1.97. The lowest BCUT2D eigenvalue weighted by Crippen LogP contribution is -1.77. The molecule has 0 amide bonds. The molecule has 0 saturated heterocycles. The summed E-state index contributed by atoms with van der Waals surface area (Å²) >= 11 is 0. The molecule has 10 heavy (non-hydrogen) atoms. The molecule has 0 aliphatic carbocycles. The molecule has 0 saturated carbocycles. The lowest BCUT2D eigenvalue weighted by atomic mass is 10.1. The van der Waals surface area contributed by atoms with Gasteiger partial charge in [-0.3, -0.25) is 0 Å². The SMILES string of the molecule is C=C(C=C(C)C)CCCC. The molecule has 0 aromatic heterocycles. The van der Waals surface area contributed by atoms with Gasteiger partial charge in [-0.05, 0) is 26.7 Å². The number of allylic oxidation sites excluding steroid dienone is 3. The summed E-state index contributed by atoms with van der Waals surface area (Å²) in [5.74, 6) is 0. The zero-order chi connectivity index (χ0) is 7.98. The van der Waals surface area contributed by atoms with Gasteiger partial charge in [0.05, 0.1) is 0 Å². The predicted molar refractivity (Wildman–Crippen MR) is 48.1 cm³/mol. The first-order chi connectivity index (χ1) is 4.66. The van der Waals surface area contributed by atoms with E-state index in [1.165, 1.54) is 24.0 Å². The molecule has 0 rings (SSSR count). The fourth-order valence-electron chi connectivity index (χ4n) is 0.884. The van der Waals surface area contributed by atoms with E-state index in [0.29, 0.717) is 0 Å². The molecule has 0 nitrogen and oxygen atoms in total. The molecule has 0 N–H and O–H groups in total. The summed E-state index contributed by atoms with van der Waals surface area (Å²) in [6.45, 7) is 10.4. The molecule has 0 aliphatic heterocycles. The van der Waals surface area contributed by atoms with Gasteiger partial charge < -0.3 is 0 Å². The Morgan fingerprint density at radius 1 is 1.40 bits per heavy atom. The first-order valence-corrected chi connectivity index (χ1v) is 3.99. The van der Waals surface area contributed by atoms with Crippen LogP contribution in [0, 0.1) is 0 Å². The first-order valence-electron chi connectivity index (χ1n) is 3.99. The van der Waals surface area contributed by atoms with Gasteiger partial charge in [0.2, 0.25) is 0 Å². The van der Waals surface area contributed by atoms with E-state index >= 15 is 0 Å². The third-order valence-corrected chi connectivity index (χ3v) is 1.34. The molecule has 0 heteroatoms. The quantitative estimate of drug-likeness (QED) is 0.520. The summed E-state index contributed by atoms with van der Waals surface area (Å²) in [4.78, 5) is 0. The van der Waals surface area contributed by atoms with Gasteiger partial charge in [0, 0.05) is 0 Å². The molecule has 0 aromatic carbocycles. The smallest absolute Gasteiger partial charge is 0.0285 e. The second-order valence-electron chi connectivity index (χ2n) is 2.98. The molecule has 0 bridgehead atoms. The first kappa shape index (κ1) is 9.48. The number of rotatable bonds is 4. The van der Waals surface area contributed by atoms with E-state index in [0.717, 1.165) is 6.42 Å². The van der Waals surface area contributed by atoms with Crippen LogP contribution in [-0.4, -0.2) is 0 Å². The summed E-state index contributed by atoms with van der Waals surface area (Å²) in [6.07, 6.45) is 5.84. The Balaban J connectivity index is 3.54. The Labute approximate surface area is 64.6 Å². The van der Waals surface area contributed by atoms with Gasteiger partial charge in [-0.1, -0.05) is 37.1 Å². The van der Waals surface area contributed by atoms with Crippen LogP contribution in [-0.2, 0) is 0 Å². The van der Waals surface area contributed by atoms with E-state index in [1.807, 2.05) is 0 Å². The van der Waals surface area contributed by atoms with Crippen molar-refractivity contribution in [2.24, 2.45) is 0 Å². The van der Waals surface area contributed by atoms with Crippen LogP contribution in [0.3, 0.4) is 0 Å². The molecule has 0 aliphatic rings. The van der Waals surface area contributed by atoms with Gasteiger partial charge in [0.1, 0.15) is 0 Å². The summed E-state index contributed by atoms with van der Waals surface area (Å²) in [7, 11) is 0. The largest absolute Gasteiger partial charge is 0.0958 e. The molecular formula is C10H18. The molecule has 0 aromatic rings. The van der Waals surface area contributed by atoms with Crippen molar-refractivity contribution in [3.63, 3.8) is 0 Å². The van der Waals surface area contributed by atoms with E-state index in [-0.39, 0.29) is 0 Å². The van der Waals surface area contributed by atoms with Crippen LogP contribution < -0.4 is 0 Å². The van der Waals surface area contributed by atoms with Gasteiger partial charge in [-0.2, -0.15) is 0 Å². The molecule has 0 spiro atoms. The van der Waals surface area contributed by atoms with Crippen molar-refractivity contribution in [2.75, 3.05) is 0 Å². The molecule has 0 radical (unpaired) electrons. The lowest BCUT2D eigenvalue weighted by molar-refractivity contribution is 0.798. The van der Waals surface area contributed by atoms with Gasteiger partial charge in [-0.15, -0.1) is 0 Å². The fourth-order valence-corrected chi connectivity index (χ4v) is 0.884. The van der Waals surface area contributed by atoms with E-state index in [2.05, 4.69) is 33.4 Å². The van der Waals surface area contributed by atoms with Crippen LogP contribution in [0.1, 0.15) is 40.0 Å². The topological polar surface area (TPSA) is 0 Å². The van der Waals surface area contributed by atoms with Crippen molar-refractivity contribution < 1.29 is 0 Å². The average Bonchev–Trinajstić information content (AvgIpc) is 1.82. The number of hydrogen-bond acceptors (Lipinski definition) is 0. The van der Waals surface area contributed by atoms with Gasteiger partial charge >= 0.3 is 0 Å². The zero-order valence-electron chi connectivity index (χ0n) is 7.41. The maximum atomic E-state index is 3.96. The standard InChI is InChI=1S/C10H18/c1-5-6-7-10(4)8-9(2)3/h8H,4-7H2,1-3H3. The van der Waals surface area contributed by atoms with Crippen molar-refractivity contribution in [1.29, 1.82) is 0 Å². The van der Waals surface area contributed by atoms with Crippen molar-refractivity contribution >= 4 is 0 Å². The molecule has 0 heterocycles. The second kappa shape index (κ2) is 5.28. The van der Waals surface area contributed by atoms with E-state index in [9.17, 15) is 0 Å². The molecule has 0 fully saturated rings. The highest BCUT2D eigenvalue weighted by atomic mass is 13.9. The summed E-state index contributed by atoms with van der Waals surface area (Å²) in [6, 6.07) is 0. The highest BCUT2D eigenvalue weighted by Crippen LogP contribution is 2.07. The highest BCUT2D eigenvalue weighted by Gasteiger charge is 1.87. The van der Waals surface area contributed by atoms with Crippen LogP contribution >= 0.6 is 0 Å². The van der Waals surface area contributed by atoms with E-state index in [4.69, 9.17) is 0 Å². The van der Waals surface area contributed by atoms with Crippen molar-refractivity contribution in [3.05, 3.63) is 23.8 Å². The maximum Gasteiger partial charge on any atom is -0.0285 e. The van der Waals surface area contributed by atoms with Gasteiger partial charge in [0.15, 0.2) is 0 Å². The van der Waals surface area contributed by atoms with Crippen molar-refractivity contribution in [1.82, 2.24) is 0 Å². The monoisotopic (exact) mass is 138 g/mol. The van der Waals surface area contributed by atoms with Crippen LogP contribution in [0.15, 0.2) is 23.8 Å². The van der Waals surface area contributed by atoms with E-state index < -0.39 is 0 Å². The average molecular weight is 138 g/mol. The number of unbranched alkanes of at least 4 members (excludes halogenated alkanes) is 1. The maximum absolute atomic E-state index is 3.96. The normalized spacial score (nSPS) is 9.10. The third-order valence-electron chi connectivity index (χ3n) is 1.34. The molecule has 0 atom stereocenters. The Bertz CT molecular complexity index is 125. The fraction of sp³-hybridized carbons (Fsp3) is 0.600. The third kappa shape index (κ3) is 5.61. The Kier molecular flexibility index (Phi) is 5.00. The Hall–Kier alpha value is -0.520. The van der Waals surface area contributed by atoms with Crippen LogP contribution in [0.4, 0.5) is 0 Å². The van der Waals surface area contributed by atoms with Crippen LogP contribution in [0.5, 0.6) is 0 Å².